The van der Waals surface area contributed by atoms with Crippen molar-refractivity contribution in [1.29, 1.82) is 0 Å². The maximum atomic E-state index is 11.8. The van der Waals surface area contributed by atoms with E-state index in [2.05, 4.69) is 20.8 Å². The third kappa shape index (κ3) is 3.37. The van der Waals surface area contributed by atoms with Crippen LogP contribution in [0.2, 0.25) is 0 Å². The van der Waals surface area contributed by atoms with Crippen LogP contribution in [0.1, 0.15) is 44.5 Å². The lowest BCUT2D eigenvalue weighted by Gasteiger charge is -2.29. The van der Waals surface area contributed by atoms with Gasteiger partial charge in [0.1, 0.15) is 6.10 Å². The van der Waals surface area contributed by atoms with E-state index in [1.807, 2.05) is 25.1 Å². The zero-order chi connectivity index (χ0) is 12.2. The fourth-order valence-electron chi connectivity index (χ4n) is 1.64. The van der Waals surface area contributed by atoms with Crippen LogP contribution in [-0.2, 0) is 4.74 Å². The molecule has 0 unspecified atom stereocenters. The first-order valence-electron chi connectivity index (χ1n) is 5.71. The molecular formula is C14H20O2. The first-order valence-corrected chi connectivity index (χ1v) is 5.71. The Labute approximate surface area is 97.6 Å². The lowest BCUT2D eigenvalue weighted by atomic mass is 9.87. The molecule has 0 amide bonds. The molecule has 0 radical (unpaired) electrons. The van der Waals surface area contributed by atoms with E-state index < -0.39 is 0 Å². The lowest BCUT2D eigenvalue weighted by molar-refractivity contribution is -0.00404. The van der Waals surface area contributed by atoms with E-state index in [0.717, 1.165) is 6.42 Å². The molecule has 2 nitrogen and oxygen atoms in total. The van der Waals surface area contributed by atoms with Gasteiger partial charge in [-0.1, -0.05) is 45.9 Å². The molecule has 0 spiro atoms. The molecule has 0 aliphatic rings. The molecule has 88 valence electrons. The van der Waals surface area contributed by atoms with Gasteiger partial charge in [0.05, 0.1) is 5.56 Å². The van der Waals surface area contributed by atoms with Crippen LogP contribution in [0.3, 0.4) is 0 Å². The largest absolute Gasteiger partial charge is 0.458 e. The summed E-state index contributed by atoms with van der Waals surface area (Å²) < 4.78 is 5.51. The zero-order valence-corrected chi connectivity index (χ0v) is 10.5. The Bertz CT molecular complexity index is 336. The summed E-state index contributed by atoms with van der Waals surface area (Å²) in [7, 11) is 0. The van der Waals surface area contributed by atoms with E-state index in [1.165, 1.54) is 0 Å². The summed E-state index contributed by atoms with van der Waals surface area (Å²) in [4.78, 5) is 11.8. The summed E-state index contributed by atoms with van der Waals surface area (Å²) in [6.07, 6.45) is 0.794. The number of hydrogen-bond donors (Lipinski definition) is 0. The van der Waals surface area contributed by atoms with Crippen molar-refractivity contribution in [2.45, 2.75) is 40.2 Å². The maximum absolute atomic E-state index is 11.8. The van der Waals surface area contributed by atoms with Gasteiger partial charge < -0.3 is 4.74 Å². The average Bonchev–Trinajstić information content (AvgIpc) is 2.25. The standard InChI is InChI=1S/C14H20O2/c1-5-12(14(2,3)4)16-13(15)11-9-7-6-8-10-11/h6-10,12H,5H2,1-4H3/t12-/m0/s1. The molecule has 1 aromatic carbocycles. The molecule has 0 saturated heterocycles. The molecule has 0 heterocycles. The van der Waals surface area contributed by atoms with Crippen molar-refractivity contribution < 1.29 is 9.53 Å². The highest BCUT2D eigenvalue weighted by Gasteiger charge is 2.26. The summed E-state index contributed by atoms with van der Waals surface area (Å²) in [5, 5.41) is 0. The second-order valence-corrected chi connectivity index (χ2v) is 5.03. The minimum Gasteiger partial charge on any atom is -0.458 e. The summed E-state index contributed by atoms with van der Waals surface area (Å²) in [6.45, 7) is 8.28. The second-order valence-electron chi connectivity index (χ2n) is 5.03. The van der Waals surface area contributed by atoms with Crippen LogP contribution < -0.4 is 0 Å². The highest BCUT2D eigenvalue weighted by molar-refractivity contribution is 5.89. The van der Waals surface area contributed by atoms with E-state index >= 15 is 0 Å². The van der Waals surface area contributed by atoms with Crippen LogP contribution >= 0.6 is 0 Å². The number of benzene rings is 1. The highest BCUT2D eigenvalue weighted by Crippen LogP contribution is 2.25. The van der Waals surface area contributed by atoms with E-state index in [4.69, 9.17) is 4.74 Å². The predicted octanol–water partition coefficient (Wildman–Crippen LogP) is 3.67. The molecule has 0 aliphatic carbocycles. The SMILES string of the molecule is CC[C@H](OC(=O)c1ccccc1)C(C)(C)C. The molecule has 0 fully saturated rings. The van der Waals surface area contributed by atoms with Crippen molar-refractivity contribution in [1.82, 2.24) is 0 Å². The first-order chi connectivity index (χ1) is 7.45. The summed E-state index contributed by atoms with van der Waals surface area (Å²) in [6, 6.07) is 9.12. The summed E-state index contributed by atoms with van der Waals surface area (Å²) in [5.74, 6) is -0.234. The first kappa shape index (κ1) is 12.8. The van der Waals surface area contributed by atoms with Crippen molar-refractivity contribution >= 4 is 5.97 Å². The van der Waals surface area contributed by atoms with Gasteiger partial charge in [-0.3, -0.25) is 0 Å². The number of esters is 1. The van der Waals surface area contributed by atoms with Crippen LogP contribution in [-0.4, -0.2) is 12.1 Å². The Morgan fingerprint density at radius 1 is 1.25 bits per heavy atom. The van der Waals surface area contributed by atoms with Crippen molar-refractivity contribution in [3.8, 4) is 0 Å². The van der Waals surface area contributed by atoms with E-state index in [0.29, 0.717) is 5.56 Å². The fraction of sp³-hybridized carbons (Fsp3) is 0.500. The van der Waals surface area contributed by atoms with Gasteiger partial charge in [0.15, 0.2) is 0 Å². The van der Waals surface area contributed by atoms with Gasteiger partial charge in [-0.25, -0.2) is 4.79 Å². The van der Waals surface area contributed by atoms with Crippen LogP contribution in [0.4, 0.5) is 0 Å². The van der Waals surface area contributed by atoms with E-state index in [1.54, 1.807) is 12.1 Å². The average molecular weight is 220 g/mol. The molecular weight excluding hydrogens is 200 g/mol. The Morgan fingerprint density at radius 2 is 1.81 bits per heavy atom. The van der Waals surface area contributed by atoms with Crippen molar-refractivity contribution in [3.63, 3.8) is 0 Å². The van der Waals surface area contributed by atoms with Crippen molar-refractivity contribution in [3.05, 3.63) is 35.9 Å². The number of carbonyl (C=O) groups is 1. The molecule has 0 aromatic heterocycles. The van der Waals surface area contributed by atoms with E-state index in [-0.39, 0.29) is 17.5 Å². The van der Waals surface area contributed by atoms with Crippen molar-refractivity contribution in [2.24, 2.45) is 5.41 Å². The van der Waals surface area contributed by atoms with Gasteiger partial charge >= 0.3 is 5.97 Å². The summed E-state index contributed by atoms with van der Waals surface area (Å²) >= 11 is 0. The van der Waals surface area contributed by atoms with Gasteiger partial charge in [-0.2, -0.15) is 0 Å². The van der Waals surface area contributed by atoms with E-state index in [9.17, 15) is 4.79 Å². The van der Waals surface area contributed by atoms with Gasteiger partial charge in [0.2, 0.25) is 0 Å². The third-order valence-electron chi connectivity index (χ3n) is 2.60. The molecule has 0 N–H and O–H groups in total. The smallest absolute Gasteiger partial charge is 0.338 e. The Kier molecular flexibility index (Phi) is 4.11. The number of hydrogen-bond acceptors (Lipinski definition) is 2. The molecule has 2 heteroatoms. The van der Waals surface area contributed by atoms with Crippen LogP contribution in [0, 0.1) is 5.41 Å². The number of ether oxygens (including phenoxy) is 1. The van der Waals surface area contributed by atoms with Crippen molar-refractivity contribution in [2.75, 3.05) is 0 Å². The van der Waals surface area contributed by atoms with Gasteiger partial charge in [0.25, 0.3) is 0 Å². The third-order valence-corrected chi connectivity index (χ3v) is 2.60. The highest BCUT2D eigenvalue weighted by atomic mass is 16.5. The zero-order valence-electron chi connectivity index (χ0n) is 10.5. The van der Waals surface area contributed by atoms with Crippen LogP contribution in [0.15, 0.2) is 30.3 Å². The molecule has 1 atom stereocenters. The Morgan fingerprint density at radius 3 is 2.25 bits per heavy atom. The lowest BCUT2D eigenvalue weighted by Crippen LogP contribution is -2.31. The topological polar surface area (TPSA) is 26.3 Å². The van der Waals surface area contributed by atoms with Gasteiger partial charge in [-0.15, -0.1) is 0 Å². The van der Waals surface area contributed by atoms with Crippen LogP contribution in [0.25, 0.3) is 0 Å². The molecule has 0 aliphatic heterocycles. The van der Waals surface area contributed by atoms with Gasteiger partial charge in [-0.05, 0) is 24.0 Å². The number of rotatable bonds is 3. The Hall–Kier alpha value is -1.31. The van der Waals surface area contributed by atoms with Crippen LogP contribution in [0.5, 0.6) is 0 Å². The molecule has 1 aromatic rings. The predicted molar refractivity (Wildman–Crippen MR) is 65.4 cm³/mol. The van der Waals surface area contributed by atoms with Gasteiger partial charge in [0, 0.05) is 0 Å². The summed E-state index contributed by atoms with van der Waals surface area (Å²) in [5.41, 5.74) is 0.601. The maximum Gasteiger partial charge on any atom is 0.338 e. The quantitative estimate of drug-likeness (QED) is 0.726. The normalized spacial score (nSPS) is 13.2. The molecule has 0 bridgehead atoms. The molecule has 1 rings (SSSR count). The monoisotopic (exact) mass is 220 g/mol. The Balaban J connectivity index is 2.71. The molecule has 16 heavy (non-hydrogen) atoms. The minimum absolute atomic E-state index is 0.0147. The second kappa shape index (κ2) is 5.15. The fourth-order valence-corrected chi connectivity index (χ4v) is 1.64. The molecule has 0 saturated carbocycles. The number of carbonyl (C=O) groups excluding carboxylic acids is 1. The minimum atomic E-state index is -0.234.